The molecule has 20 heavy (non-hydrogen) atoms. The number of aryl methyl sites for hydroxylation is 2. The second kappa shape index (κ2) is 5.96. The summed E-state index contributed by atoms with van der Waals surface area (Å²) in [6, 6.07) is 7.41. The van der Waals surface area contributed by atoms with E-state index in [0.717, 1.165) is 6.54 Å². The van der Waals surface area contributed by atoms with Crippen molar-refractivity contribution < 1.29 is 9.53 Å². The smallest absolute Gasteiger partial charge is 0.320 e. The largest absolute Gasteiger partial charge is 0.465 e. The second-order valence-corrected chi connectivity index (χ2v) is 5.90. The second-order valence-electron chi connectivity index (χ2n) is 5.90. The molecule has 0 N–H and O–H groups in total. The van der Waals surface area contributed by atoms with E-state index < -0.39 is 0 Å². The van der Waals surface area contributed by atoms with Crippen LogP contribution in [0.15, 0.2) is 18.2 Å². The lowest BCUT2D eigenvalue weighted by Crippen LogP contribution is -2.32. The number of fused-ring (bicyclic) bond motifs is 1. The number of carbonyl (C=O) groups is 1. The summed E-state index contributed by atoms with van der Waals surface area (Å²) >= 11 is 0. The van der Waals surface area contributed by atoms with Gasteiger partial charge < -0.3 is 4.74 Å². The maximum Gasteiger partial charge on any atom is 0.320 e. The maximum atomic E-state index is 11.7. The fraction of sp³-hybridized carbons (Fsp3) is 0.588. The van der Waals surface area contributed by atoms with Gasteiger partial charge in [0.25, 0.3) is 0 Å². The molecule has 1 aromatic rings. The molecule has 3 rings (SSSR count). The molecule has 2 aliphatic rings. The highest BCUT2D eigenvalue weighted by Crippen LogP contribution is 2.29. The Hall–Kier alpha value is -1.35. The summed E-state index contributed by atoms with van der Waals surface area (Å²) < 4.78 is 5.08. The van der Waals surface area contributed by atoms with Crippen molar-refractivity contribution >= 4 is 5.97 Å². The van der Waals surface area contributed by atoms with Gasteiger partial charge in [-0.3, -0.25) is 9.69 Å². The summed E-state index contributed by atoms with van der Waals surface area (Å²) in [6.07, 6.45) is 6.15. The van der Waals surface area contributed by atoms with Gasteiger partial charge in [-0.15, -0.1) is 0 Å². The van der Waals surface area contributed by atoms with E-state index in [9.17, 15) is 4.79 Å². The molecule has 0 atom stereocenters. The normalized spacial score (nSPS) is 17.3. The molecule has 0 unspecified atom stereocenters. The molecule has 3 nitrogen and oxygen atoms in total. The Kier molecular flexibility index (Phi) is 4.06. The predicted octanol–water partition coefficient (Wildman–Crippen LogP) is 2.70. The summed E-state index contributed by atoms with van der Waals surface area (Å²) in [5.41, 5.74) is 4.35. The van der Waals surface area contributed by atoms with E-state index in [-0.39, 0.29) is 5.97 Å². The van der Waals surface area contributed by atoms with E-state index in [1.807, 2.05) is 6.92 Å². The average molecular weight is 273 g/mol. The van der Waals surface area contributed by atoms with Gasteiger partial charge in [-0.1, -0.05) is 18.2 Å². The molecule has 0 radical (unpaired) electrons. The van der Waals surface area contributed by atoms with Crippen molar-refractivity contribution in [3.8, 4) is 0 Å². The fourth-order valence-corrected chi connectivity index (χ4v) is 3.08. The van der Waals surface area contributed by atoms with E-state index >= 15 is 0 Å². The fourth-order valence-electron chi connectivity index (χ4n) is 3.08. The number of esters is 1. The molecule has 1 saturated carbocycles. The first-order valence-corrected chi connectivity index (χ1v) is 7.76. The van der Waals surface area contributed by atoms with Crippen LogP contribution < -0.4 is 0 Å². The van der Waals surface area contributed by atoms with E-state index in [1.165, 1.54) is 48.8 Å². The van der Waals surface area contributed by atoms with Crippen molar-refractivity contribution in [2.45, 2.75) is 51.6 Å². The Morgan fingerprint density at radius 2 is 2.10 bits per heavy atom. The van der Waals surface area contributed by atoms with Gasteiger partial charge in [-0.2, -0.15) is 0 Å². The van der Waals surface area contributed by atoms with E-state index in [0.29, 0.717) is 19.2 Å². The average Bonchev–Trinajstić information content (AvgIpc) is 3.17. The number of rotatable bonds is 6. The van der Waals surface area contributed by atoms with Gasteiger partial charge in [0, 0.05) is 12.6 Å². The van der Waals surface area contributed by atoms with Crippen LogP contribution in [0.25, 0.3) is 0 Å². The van der Waals surface area contributed by atoms with Crippen molar-refractivity contribution in [2.75, 3.05) is 13.2 Å². The summed E-state index contributed by atoms with van der Waals surface area (Å²) in [5.74, 6) is -0.0967. The summed E-state index contributed by atoms with van der Waals surface area (Å²) in [5, 5.41) is 0. The number of hydrogen-bond donors (Lipinski definition) is 0. The summed E-state index contributed by atoms with van der Waals surface area (Å²) in [7, 11) is 0. The lowest BCUT2D eigenvalue weighted by molar-refractivity contribution is -0.144. The van der Waals surface area contributed by atoms with E-state index in [2.05, 4.69) is 23.1 Å². The molecule has 1 aromatic carbocycles. The van der Waals surface area contributed by atoms with Crippen LogP contribution in [0.5, 0.6) is 0 Å². The molecule has 0 spiro atoms. The minimum absolute atomic E-state index is 0.0967. The number of nitrogens with zero attached hydrogens (tertiary/aromatic N) is 1. The molecule has 0 heterocycles. The first-order chi connectivity index (χ1) is 9.76. The number of ether oxygens (including phenoxy) is 1. The number of benzene rings is 1. The maximum absolute atomic E-state index is 11.7. The third-order valence-corrected chi connectivity index (χ3v) is 4.25. The molecule has 0 saturated heterocycles. The van der Waals surface area contributed by atoms with Gasteiger partial charge in [0.2, 0.25) is 0 Å². The van der Waals surface area contributed by atoms with Crippen LogP contribution in [0.1, 0.15) is 42.9 Å². The van der Waals surface area contributed by atoms with E-state index in [1.54, 1.807) is 0 Å². The minimum atomic E-state index is -0.0967. The van der Waals surface area contributed by atoms with Crippen LogP contribution in [-0.2, 0) is 28.9 Å². The van der Waals surface area contributed by atoms with Crippen LogP contribution in [0, 0.1) is 0 Å². The van der Waals surface area contributed by atoms with Crippen LogP contribution in [-0.4, -0.2) is 30.1 Å². The lowest BCUT2D eigenvalue weighted by atomic mass is 10.1. The third-order valence-electron chi connectivity index (χ3n) is 4.25. The molecule has 2 aliphatic carbocycles. The highest BCUT2D eigenvalue weighted by molar-refractivity contribution is 5.71. The Labute approximate surface area is 120 Å². The van der Waals surface area contributed by atoms with Crippen molar-refractivity contribution in [3.63, 3.8) is 0 Å². The zero-order chi connectivity index (χ0) is 13.9. The zero-order valence-corrected chi connectivity index (χ0v) is 12.2. The summed E-state index contributed by atoms with van der Waals surface area (Å²) in [4.78, 5) is 14.0. The lowest BCUT2D eigenvalue weighted by Gasteiger charge is -2.21. The SMILES string of the molecule is CCOC(=O)CN(Cc1ccc2c(c1)CCC2)C1CC1. The molecule has 0 bridgehead atoms. The molecule has 0 amide bonds. The predicted molar refractivity (Wildman–Crippen MR) is 78.5 cm³/mol. The van der Waals surface area contributed by atoms with Crippen LogP contribution in [0.4, 0.5) is 0 Å². The van der Waals surface area contributed by atoms with Gasteiger partial charge in [-0.25, -0.2) is 0 Å². The zero-order valence-electron chi connectivity index (χ0n) is 12.2. The topological polar surface area (TPSA) is 29.5 Å². The van der Waals surface area contributed by atoms with Gasteiger partial charge in [0.15, 0.2) is 0 Å². The molecule has 108 valence electrons. The third kappa shape index (κ3) is 3.21. The van der Waals surface area contributed by atoms with Gasteiger partial charge in [0.05, 0.1) is 13.2 Å². The van der Waals surface area contributed by atoms with Crippen molar-refractivity contribution in [2.24, 2.45) is 0 Å². The first-order valence-electron chi connectivity index (χ1n) is 7.76. The van der Waals surface area contributed by atoms with Gasteiger partial charge in [0.1, 0.15) is 0 Å². The van der Waals surface area contributed by atoms with Crippen LogP contribution >= 0.6 is 0 Å². The van der Waals surface area contributed by atoms with Crippen molar-refractivity contribution in [3.05, 3.63) is 34.9 Å². The van der Waals surface area contributed by atoms with Gasteiger partial charge >= 0.3 is 5.97 Å². The van der Waals surface area contributed by atoms with Crippen LogP contribution in [0.3, 0.4) is 0 Å². The highest BCUT2D eigenvalue weighted by Gasteiger charge is 2.30. The standard InChI is InChI=1S/C17H23NO2/c1-2-20-17(19)12-18(16-8-9-16)11-13-6-7-14-4-3-5-15(14)10-13/h6-7,10,16H,2-5,8-9,11-12H2,1H3. The summed E-state index contributed by atoms with van der Waals surface area (Å²) in [6.45, 7) is 3.63. The van der Waals surface area contributed by atoms with Crippen molar-refractivity contribution in [1.82, 2.24) is 4.90 Å². The number of carbonyl (C=O) groups excluding carboxylic acids is 1. The number of hydrogen-bond acceptors (Lipinski definition) is 3. The Bertz CT molecular complexity index is 494. The minimum Gasteiger partial charge on any atom is -0.465 e. The Morgan fingerprint density at radius 3 is 2.85 bits per heavy atom. The highest BCUT2D eigenvalue weighted by atomic mass is 16.5. The van der Waals surface area contributed by atoms with Crippen LogP contribution in [0.2, 0.25) is 0 Å². The molecular weight excluding hydrogens is 250 g/mol. The Balaban J connectivity index is 1.65. The first kappa shape index (κ1) is 13.6. The molecule has 0 aromatic heterocycles. The monoisotopic (exact) mass is 273 g/mol. The molecule has 0 aliphatic heterocycles. The molecular formula is C17H23NO2. The van der Waals surface area contributed by atoms with Crippen molar-refractivity contribution in [1.29, 1.82) is 0 Å². The quantitative estimate of drug-likeness (QED) is 0.746. The molecule has 1 fully saturated rings. The Morgan fingerprint density at radius 1 is 1.30 bits per heavy atom. The van der Waals surface area contributed by atoms with Gasteiger partial charge in [-0.05, 0) is 55.7 Å². The van der Waals surface area contributed by atoms with E-state index in [4.69, 9.17) is 4.74 Å². The molecule has 3 heteroatoms.